The molecule has 0 amide bonds. The van der Waals surface area contributed by atoms with Gasteiger partial charge in [-0.2, -0.15) is 10.1 Å². The van der Waals surface area contributed by atoms with Crippen LogP contribution in [0.5, 0.6) is 0 Å². The van der Waals surface area contributed by atoms with Crippen molar-refractivity contribution in [3.05, 3.63) is 18.2 Å². The van der Waals surface area contributed by atoms with E-state index in [0.717, 1.165) is 30.9 Å². The van der Waals surface area contributed by atoms with E-state index in [1.807, 2.05) is 13.2 Å². The molecular weight excluding hydrogens is 230 g/mol. The van der Waals surface area contributed by atoms with Gasteiger partial charge in [0.1, 0.15) is 0 Å². The summed E-state index contributed by atoms with van der Waals surface area (Å²) in [6.45, 7) is 2.18. The largest absolute Gasteiger partial charge is 0.334 e. The van der Waals surface area contributed by atoms with E-state index in [2.05, 4.69) is 20.6 Å². The summed E-state index contributed by atoms with van der Waals surface area (Å²) < 4.78 is 7.00. The molecule has 0 aliphatic carbocycles. The number of nitrogens with zero attached hydrogens (tertiary/aromatic N) is 4. The topological polar surface area (TPSA) is 68.8 Å². The Labute approximate surface area is 105 Å². The van der Waals surface area contributed by atoms with Crippen LogP contribution in [0.25, 0.3) is 11.5 Å². The average Bonchev–Trinajstić information content (AvgIpc) is 2.99. The van der Waals surface area contributed by atoms with Gasteiger partial charge >= 0.3 is 0 Å². The SMILES string of the molecule is Cn1cc(-c2nc(CC3CCCNC3)no2)cn1. The van der Waals surface area contributed by atoms with Crippen molar-refractivity contribution in [2.75, 3.05) is 13.1 Å². The highest BCUT2D eigenvalue weighted by Gasteiger charge is 2.17. The van der Waals surface area contributed by atoms with Crippen molar-refractivity contribution in [2.45, 2.75) is 19.3 Å². The maximum atomic E-state index is 5.27. The zero-order chi connectivity index (χ0) is 12.4. The molecule has 0 aromatic carbocycles. The van der Waals surface area contributed by atoms with Crippen LogP contribution in [0.3, 0.4) is 0 Å². The lowest BCUT2D eigenvalue weighted by molar-refractivity contribution is 0.360. The van der Waals surface area contributed by atoms with Gasteiger partial charge in [-0.25, -0.2) is 0 Å². The Morgan fingerprint density at radius 3 is 3.22 bits per heavy atom. The minimum Gasteiger partial charge on any atom is -0.334 e. The highest BCUT2D eigenvalue weighted by molar-refractivity contribution is 5.49. The molecule has 3 heterocycles. The van der Waals surface area contributed by atoms with E-state index < -0.39 is 0 Å². The van der Waals surface area contributed by atoms with Gasteiger partial charge < -0.3 is 9.84 Å². The monoisotopic (exact) mass is 247 g/mol. The molecule has 0 spiro atoms. The number of hydrogen-bond donors (Lipinski definition) is 1. The number of nitrogens with one attached hydrogen (secondary N) is 1. The lowest BCUT2D eigenvalue weighted by Gasteiger charge is -2.20. The molecule has 0 bridgehead atoms. The Balaban J connectivity index is 1.69. The second-order valence-electron chi connectivity index (χ2n) is 4.83. The Hall–Kier alpha value is -1.69. The van der Waals surface area contributed by atoms with Crippen LogP contribution in [0.15, 0.2) is 16.9 Å². The van der Waals surface area contributed by atoms with Gasteiger partial charge in [0.05, 0.1) is 11.8 Å². The van der Waals surface area contributed by atoms with E-state index in [0.29, 0.717) is 11.8 Å². The smallest absolute Gasteiger partial charge is 0.261 e. The van der Waals surface area contributed by atoms with Crippen LogP contribution in [-0.4, -0.2) is 33.0 Å². The van der Waals surface area contributed by atoms with Gasteiger partial charge in [0.2, 0.25) is 0 Å². The third-order valence-electron chi connectivity index (χ3n) is 3.29. The molecule has 6 nitrogen and oxygen atoms in total. The van der Waals surface area contributed by atoms with E-state index in [9.17, 15) is 0 Å². The number of hydrogen-bond acceptors (Lipinski definition) is 5. The van der Waals surface area contributed by atoms with Crippen molar-refractivity contribution in [2.24, 2.45) is 13.0 Å². The summed E-state index contributed by atoms with van der Waals surface area (Å²) in [4.78, 5) is 4.43. The molecule has 2 aromatic heterocycles. The summed E-state index contributed by atoms with van der Waals surface area (Å²) in [7, 11) is 1.87. The lowest BCUT2D eigenvalue weighted by Crippen LogP contribution is -2.31. The van der Waals surface area contributed by atoms with E-state index >= 15 is 0 Å². The maximum Gasteiger partial charge on any atom is 0.261 e. The van der Waals surface area contributed by atoms with Crippen LogP contribution >= 0.6 is 0 Å². The molecule has 1 aliphatic heterocycles. The van der Waals surface area contributed by atoms with Gasteiger partial charge in [0.15, 0.2) is 5.82 Å². The van der Waals surface area contributed by atoms with Crippen molar-refractivity contribution in [1.82, 2.24) is 25.2 Å². The van der Waals surface area contributed by atoms with E-state index in [-0.39, 0.29) is 0 Å². The van der Waals surface area contributed by atoms with Gasteiger partial charge in [-0.3, -0.25) is 4.68 Å². The zero-order valence-electron chi connectivity index (χ0n) is 10.5. The molecule has 6 heteroatoms. The summed E-state index contributed by atoms with van der Waals surface area (Å²) in [6.07, 6.45) is 6.97. The minimum absolute atomic E-state index is 0.557. The molecule has 96 valence electrons. The summed E-state index contributed by atoms with van der Waals surface area (Å²) in [5.41, 5.74) is 0.873. The molecule has 1 atom stereocenters. The predicted molar refractivity (Wildman–Crippen MR) is 65.8 cm³/mol. The summed E-state index contributed by atoms with van der Waals surface area (Å²) in [5, 5.41) is 11.5. The first-order valence-electron chi connectivity index (χ1n) is 6.33. The van der Waals surface area contributed by atoms with Crippen molar-refractivity contribution in [3.8, 4) is 11.5 Å². The van der Waals surface area contributed by atoms with Crippen LogP contribution in [0.2, 0.25) is 0 Å². The fourth-order valence-electron chi connectivity index (χ4n) is 2.34. The first kappa shape index (κ1) is 11.4. The van der Waals surface area contributed by atoms with Crippen molar-refractivity contribution in [1.29, 1.82) is 0 Å². The fourth-order valence-corrected chi connectivity index (χ4v) is 2.34. The second-order valence-corrected chi connectivity index (χ2v) is 4.83. The standard InChI is InChI=1S/C12H17N5O/c1-17-8-10(7-14-17)12-15-11(16-18-12)5-9-3-2-4-13-6-9/h7-9,13H,2-6H2,1H3. The van der Waals surface area contributed by atoms with Gasteiger partial charge in [-0.1, -0.05) is 5.16 Å². The third-order valence-corrected chi connectivity index (χ3v) is 3.29. The molecular formula is C12H17N5O. The molecule has 18 heavy (non-hydrogen) atoms. The Morgan fingerprint density at radius 1 is 1.56 bits per heavy atom. The molecule has 1 saturated heterocycles. The maximum absolute atomic E-state index is 5.27. The molecule has 0 saturated carbocycles. The lowest BCUT2D eigenvalue weighted by atomic mass is 9.96. The van der Waals surface area contributed by atoms with Gasteiger partial charge in [-0.05, 0) is 31.8 Å². The van der Waals surface area contributed by atoms with Gasteiger partial charge in [0, 0.05) is 19.7 Å². The quantitative estimate of drug-likeness (QED) is 0.876. The van der Waals surface area contributed by atoms with Crippen LogP contribution in [0.1, 0.15) is 18.7 Å². The van der Waals surface area contributed by atoms with E-state index in [4.69, 9.17) is 4.52 Å². The van der Waals surface area contributed by atoms with Crippen molar-refractivity contribution < 1.29 is 4.52 Å². The molecule has 2 aromatic rings. The van der Waals surface area contributed by atoms with Crippen molar-refractivity contribution >= 4 is 0 Å². The number of rotatable bonds is 3. The highest BCUT2D eigenvalue weighted by Crippen LogP contribution is 2.19. The van der Waals surface area contributed by atoms with Crippen molar-refractivity contribution in [3.63, 3.8) is 0 Å². The predicted octanol–water partition coefficient (Wildman–Crippen LogP) is 1.01. The van der Waals surface area contributed by atoms with E-state index in [1.54, 1.807) is 10.9 Å². The van der Waals surface area contributed by atoms with Crippen LogP contribution in [-0.2, 0) is 13.5 Å². The molecule has 1 aliphatic rings. The average molecular weight is 247 g/mol. The number of aryl methyl sites for hydroxylation is 1. The summed E-state index contributed by atoms with van der Waals surface area (Å²) in [6, 6.07) is 0. The Bertz CT molecular complexity index is 512. The van der Waals surface area contributed by atoms with Gasteiger partial charge in [0.25, 0.3) is 5.89 Å². The third kappa shape index (κ3) is 2.43. The van der Waals surface area contributed by atoms with Crippen LogP contribution in [0.4, 0.5) is 0 Å². The Morgan fingerprint density at radius 2 is 2.50 bits per heavy atom. The summed E-state index contributed by atoms with van der Waals surface area (Å²) >= 11 is 0. The normalized spacial score (nSPS) is 20.2. The summed E-state index contributed by atoms with van der Waals surface area (Å²) in [5.74, 6) is 1.97. The molecule has 3 rings (SSSR count). The fraction of sp³-hybridized carbons (Fsp3) is 0.583. The zero-order valence-corrected chi connectivity index (χ0v) is 10.5. The van der Waals surface area contributed by atoms with Gasteiger partial charge in [-0.15, -0.1) is 0 Å². The molecule has 1 fully saturated rings. The minimum atomic E-state index is 0.557. The second kappa shape index (κ2) is 4.89. The number of piperidine rings is 1. The van der Waals surface area contributed by atoms with Crippen LogP contribution in [0, 0.1) is 5.92 Å². The first-order chi connectivity index (χ1) is 8.81. The molecule has 0 radical (unpaired) electrons. The first-order valence-corrected chi connectivity index (χ1v) is 6.33. The van der Waals surface area contributed by atoms with E-state index in [1.165, 1.54) is 12.8 Å². The van der Waals surface area contributed by atoms with Crippen LogP contribution < -0.4 is 5.32 Å². The molecule has 1 N–H and O–H groups in total. The Kier molecular flexibility index (Phi) is 3.10. The molecule has 1 unspecified atom stereocenters. The highest BCUT2D eigenvalue weighted by atomic mass is 16.5. The number of aromatic nitrogens is 4.